The minimum absolute atomic E-state index is 0.0772. The van der Waals surface area contributed by atoms with Gasteiger partial charge in [0, 0.05) is 30.8 Å². The van der Waals surface area contributed by atoms with Crippen LogP contribution in [0.1, 0.15) is 44.9 Å². The number of hydroxylamine groups is 3. The van der Waals surface area contributed by atoms with E-state index in [9.17, 15) is 10.0 Å². The van der Waals surface area contributed by atoms with Gasteiger partial charge in [0.2, 0.25) is 5.91 Å². The van der Waals surface area contributed by atoms with Gasteiger partial charge in [-0.2, -0.15) is 0 Å². The van der Waals surface area contributed by atoms with E-state index >= 15 is 0 Å². The summed E-state index contributed by atoms with van der Waals surface area (Å²) in [5.41, 5.74) is 0. The van der Waals surface area contributed by atoms with Gasteiger partial charge >= 0.3 is 0 Å². The van der Waals surface area contributed by atoms with Crippen molar-refractivity contribution in [3.63, 3.8) is 0 Å². The largest absolute Gasteiger partial charge is 0.633 e. The molecule has 4 heterocycles. The molecule has 4 saturated heterocycles. The average molecular weight is 264 g/mol. The van der Waals surface area contributed by atoms with Crippen LogP contribution in [0.3, 0.4) is 0 Å². The van der Waals surface area contributed by atoms with Crippen LogP contribution < -0.4 is 0 Å². The summed E-state index contributed by atoms with van der Waals surface area (Å²) in [4.78, 5) is 14.3. The summed E-state index contributed by atoms with van der Waals surface area (Å²) in [6.07, 6.45) is 7.38. The lowest BCUT2D eigenvalue weighted by atomic mass is 9.67. The smallest absolute Gasteiger partial charge is 0.222 e. The van der Waals surface area contributed by atoms with Crippen molar-refractivity contribution in [1.82, 2.24) is 4.90 Å². The van der Waals surface area contributed by atoms with Crippen LogP contribution in [0.25, 0.3) is 0 Å². The van der Waals surface area contributed by atoms with Gasteiger partial charge in [0.05, 0.1) is 19.1 Å². The zero-order valence-corrected chi connectivity index (χ0v) is 11.6. The van der Waals surface area contributed by atoms with E-state index in [1.807, 2.05) is 0 Å². The summed E-state index contributed by atoms with van der Waals surface area (Å²) in [6.45, 7) is 2.55. The Morgan fingerprint density at radius 1 is 1.11 bits per heavy atom. The number of fused-ring (bicyclic) bond motifs is 2. The fraction of sp³-hybridized carbons (Fsp3) is 0.933. The number of carbonyl (C=O) groups is 1. The summed E-state index contributed by atoms with van der Waals surface area (Å²) in [6, 6.07) is 0.710. The Balaban J connectivity index is 1.69. The van der Waals surface area contributed by atoms with Crippen LogP contribution in [-0.2, 0) is 4.79 Å². The van der Waals surface area contributed by atoms with Crippen LogP contribution in [0.4, 0.5) is 0 Å². The second-order valence-electron chi connectivity index (χ2n) is 7.10. The third-order valence-electron chi connectivity index (χ3n) is 6.19. The number of nitrogens with zero attached hydrogens (tertiary/aromatic N) is 2. The monoisotopic (exact) mass is 264 g/mol. The predicted octanol–water partition coefficient (Wildman–Crippen LogP) is 1.88. The van der Waals surface area contributed by atoms with Crippen molar-refractivity contribution in [2.45, 2.75) is 57.0 Å². The lowest BCUT2D eigenvalue weighted by molar-refractivity contribution is -0.925. The van der Waals surface area contributed by atoms with Gasteiger partial charge in [0.15, 0.2) is 0 Å². The number of quaternary nitrogens is 1. The molecule has 5 atom stereocenters. The molecule has 4 rings (SSSR count). The van der Waals surface area contributed by atoms with Gasteiger partial charge in [-0.25, -0.2) is 0 Å². The molecule has 1 unspecified atom stereocenters. The van der Waals surface area contributed by atoms with Crippen molar-refractivity contribution < 1.29 is 9.44 Å². The number of hydrogen-bond acceptors (Lipinski definition) is 2. The van der Waals surface area contributed by atoms with Crippen molar-refractivity contribution in [2.24, 2.45) is 11.8 Å². The molecule has 4 aliphatic heterocycles. The zero-order valence-electron chi connectivity index (χ0n) is 11.6. The molecule has 0 bridgehead atoms. The Morgan fingerprint density at radius 3 is 2.74 bits per heavy atom. The van der Waals surface area contributed by atoms with Crippen LogP contribution in [0.5, 0.6) is 0 Å². The van der Waals surface area contributed by atoms with Gasteiger partial charge in [-0.05, 0) is 38.5 Å². The minimum atomic E-state index is 0.0772. The highest BCUT2D eigenvalue weighted by molar-refractivity contribution is 5.77. The topological polar surface area (TPSA) is 43.4 Å². The molecule has 0 radical (unpaired) electrons. The lowest BCUT2D eigenvalue weighted by Gasteiger charge is -2.64. The Bertz CT molecular complexity index is 396. The molecular formula is C15H24N2O2. The third-order valence-corrected chi connectivity index (χ3v) is 6.19. The van der Waals surface area contributed by atoms with Crippen molar-refractivity contribution >= 4 is 5.91 Å². The second-order valence-corrected chi connectivity index (χ2v) is 7.10. The van der Waals surface area contributed by atoms with E-state index in [-0.39, 0.29) is 4.65 Å². The molecule has 4 aliphatic rings. The SMILES string of the molecule is O=C1CCC[C@H]2C3CCC[N@@+]4([O-])CCC[C@H](CN12)[C@@H]34. The Hall–Kier alpha value is -0.610. The molecule has 0 aromatic heterocycles. The van der Waals surface area contributed by atoms with Gasteiger partial charge in [-0.15, -0.1) is 0 Å². The van der Waals surface area contributed by atoms with Gasteiger partial charge in [-0.3, -0.25) is 4.79 Å². The molecule has 1 amide bonds. The number of carbonyl (C=O) groups excluding carboxylic acids is 1. The van der Waals surface area contributed by atoms with Crippen molar-refractivity contribution in [2.75, 3.05) is 19.6 Å². The highest BCUT2D eigenvalue weighted by Crippen LogP contribution is 2.47. The summed E-state index contributed by atoms with van der Waals surface area (Å²) < 4.78 is 0.0772. The molecule has 0 N–H and O–H groups in total. The lowest BCUT2D eigenvalue weighted by Crippen LogP contribution is -2.71. The summed E-state index contributed by atoms with van der Waals surface area (Å²) in [5.74, 6) is 1.33. The fourth-order valence-corrected chi connectivity index (χ4v) is 5.55. The fourth-order valence-electron chi connectivity index (χ4n) is 5.55. The zero-order chi connectivity index (χ0) is 13.0. The average Bonchev–Trinajstić information content (AvgIpc) is 2.40. The van der Waals surface area contributed by atoms with Crippen molar-refractivity contribution in [3.05, 3.63) is 5.21 Å². The van der Waals surface area contributed by atoms with E-state index in [4.69, 9.17) is 0 Å². The highest BCUT2D eigenvalue weighted by atomic mass is 16.5. The Kier molecular flexibility index (Phi) is 2.68. The first kappa shape index (κ1) is 12.2. The molecule has 4 heteroatoms. The standard InChI is InChI=1S/C15H24N2O2/c18-14-7-1-6-13-12-5-3-9-17(19)8-2-4-11(15(12)17)10-16(13)14/h11-13,15H,1-10H2/t11-,12?,13+,15+,17+/m1/s1. The van der Waals surface area contributed by atoms with Crippen LogP contribution in [0.15, 0.2) is 0 Å². The maximum Gasteiger partial charge on any atom is 0.222 e. The van der Waals surface area contributed by atoms with Crippen LogP contribution >= 0.6 is 0 Å². The van der Waals surface area contributed by atoms with E-state index in [2.05, 4.69) is 4.90 Å². The molecule has 0 aromatic carbocycles. The summed E-state index contributed by atoms with van der Waals surface area (Å²) in [7, 11) is 0. The number of rotatable bonds is 0. The Morgan fingerprint density at radius 2 is 1.89 bits per heavy atom. The minimum Gasteiger partial charge on any atom is -0.633 e. The van der Waals surface area contributed by atoms with E-state index in [1.165, 1.54) is 12.8 Å². The highest BCUT2D eigenvalue weighted by Gasteiger charge is 2.55. The third kappa shape index (κ3) is 1.69. The van der Waals surface area contributed by atoms with E-state index in [0.717, 1.165) is 51.7 Å². The van der Waals surface area contributed by atoms with Crippen LogP contribution in [-0.4, -0.2) is 47.2 Å². The first-order chi connectivity index (χ1) is 9.19. The number of amides is 1. The summed E-state index contributed by atoms with van der Waals surface area (Å²) in [5, 5.41) is 13.1. The van der Waals surface area contributed by atoms with Gasteiger partial charge < -0.3 is 14.8 Å². The molecule has 0 saturated carbocycles. The molecule has 0 aliphatic carbocycles. The molecule has 0 aromatic rings. The van der Waals surface area contributed by atoms with Gasteiger partial charge in [0.25, 0.3) is 0 Å². The maximum absolute atomic E-state index is 13.1. The van der Waals surface area contributed by atoms with E-state index in [0.29, 0.717) is 29.8 Å². The van der Waals surface area contributed by atoms with E-state index < -0.39 is 0 Å². The summed E-state index contributed by atoms with van der Waals surface area (Å²) >= 11 is 0. The molecule has 19 heavy (non-hydrogen) atoms. The predicted molar refractivity (Wildman–Crippen MR) is 71.9 cm³/mol. The quantitative estimate of drug-likeness (QED) is 0.495. The molecular weight excluding hydrogens is 240 g/mol. The first-order valence-electron chi connectivity index (χ1n) is 8.06. The number of piperidine rings is 4. The van der Waals surface area contributed by atoms with Crippen LogP contribution in [0, 0.1) is 17.0 Å². The molecule has 0 spiro atoms. The van der Waals surface area contributed by atoms with Gasteiger partial charge in [-0.1, -0.05) is 0 Å². The van der Waals surface area contributed by atoms with Crippen LogP contribution in [0.2, 0.25) is 0 Å². The second kappa shape index (κ2) is 4.19. The Labute approximate surface area is 114 Å². The number of hydrogen-bond donors (Lipinski definition) is 0. The molecule has 4 fully saturated rings. The van der Waals surface area contributed by atoms with E-state index in [1.54, 1.807) is 0 Å². The molecule has 106 valence electrons. The van der Waals surface area contributed by atoms with Crippen molar-refractivity contribution in [1.29, 1.82) is 0 Å². The van der Waals surface area contributed by atoms with Gasteiger partial charge in [0.1, 0.15) is 0 Å². The van der Waals surface area contributed by atoms with Crippen molar-refractivity contribution in [3.8, 4) is 0 Å². The first-order valence-corrected chi connectivity index (χ1v) is 8.06. The maximum atomic E-state index is 13.1. The normalized spacial score (nSPS) is 49.5. The molecule has 4 nitrogen and oxygen atoms in total.